The van der Waals surface area contributed by atoms with Gasteiger partial charge in [-0.2, -0.15) is 0 Å². The van der Waals surface area contributed by atoms with Crippen LogP contribution in [0, 0.1) is 5.41 Å². The molecule has 0 aliphatic heterocycles. The zero-order valence-corrected chi connectivity index (χ0v) is 21.4. The Hall–Kier alpha value is -1.80. The third-order valence-electron chi connectivity index (χ3n) is 5.96. The molecule has 0 saturated heterocycles. The van der Waals surface area contributed by atoms with E-state index < -0.39 is 0 Å². The first-order valence-electron chi connectivity index (χ1n) is 12.9. The summed E-state index contributed by atoms with van der Waals surface area (Å²) in [5, 5.41) is 3.56. The van der Waals surface area contributed by atoms with Crippen LogP contribution in [0.15, 0.2) is 54.6 Å². The summed E-state index contributed by atoms with van der Waals surface area (Å²) in [5.41, 5.74) is 2.59. The maximum atomic E-state index is 5.91. The molecule has 1 aromatic carbocycles. The zero-order chi connectivity index (χ0) is 23.5. The summed E-state index contributed by atoms with van der Waals surface area (Å²) >= 11 is 0. The lowest BCUT2D eigenvalue weighted by atomic mass is 9.84. The lowest BCUT2D eigenvalue weighted by Crippen LogP contribution is -2.17. The molecular formula is C30H49NO. The van der Waals surface area contributed by atoms with Crippen molar-refractivity contribution in [1.82, 2.24) is 5.32 Å². The highest BCUT2D eigenvalue weighted by Gasteiger charge is 2.14. The number of benzene rings is 1. The fraction of sp³-hybridized carbons (Fsp3) is 0.600. The number of nitrogens with one attached hydrogen (secondary N) is 1. The fourth-order valence-corrected chi connectivity index (χ4v) is 3.58. The molecule has 1 aromatic rings. The molecule has 0 bridgehead atoms. The molecule has 0 spiro atoms. The van der Waals surface area contributed by atoms with Crippen LogP contribution in [0.3, 0.4) is 0 Å². The van der Waals surface area contributed by atoms with Gasteiger partial charge >= 0.3 is 0 Å². The predicted molar refractivity (Wildman–Crippen MR) is 143 cm³/mol. The van der Waals surface area contributed by atoms with Crippen LogP contribution >= 0.6 is 0 Å². The summed E-state index contributed by atoms with van der Waals surface area (Å²) in [6.07, 6.45) is 21.4. The van der Waals surface area contributed by atoms with Crippen LogP contribution in [0.4, 0.5) is 0 Å². The summed E-state index contributed by atoms with van der Waals surface area (Å²) < 4.78 is 5.91. The molecule has 0 aliphatic rings. The summed E-state index contributed by atoms with van der Waals surface area (Å²) in [5.74, 6) is 0.956. The van der Waals surface area contributed by atoms with Gasteiger partial charge in [0.15, 0.2) is 0 Å². The Morgan fingerprint density at radius 1 is 0.969 bits per heavy atom. The van der Waals surface area contributed by atoms with Crippen LogP contribution in [-0.4, -0.2) is 19.7 Å². The molecule has 1 atom stereocenters. The van der Waals surface area contributed by atoms with E-state index in [1.165, 1.54) is 56.1 Å². The van der Waals surface area contributed by atoms with Crippen LogP contribution in [0.2, 0.25) is 0 Å². The lowest BCUT2D eigenvalue weighted by molar-refractivity contribution is 0.305. The number of hydrogen-bond donors (Lipinski definition) is 1. The van der Waals surface area contributed by atoms with Crippen molar-refractivity contribution in [2.45, 2.75) is 91.9 Å². The molecule has 1 rings (SSSR count). The van der Waals surface area contributed by atoms with E-state index >= 15 is 0 Å². The Balaban J connectivity index is 2.20. The molecular weight excluding hydrogens is 390 g/mol. The Morgan fingerprint density at radius 3 is 2.28 bits per heavy atom. The standard InChI is InChI=1S/C30H49NO/c1-6-8-9-10-11-12-24-31-25-13-14-26-32-29-19-17-28(18-20-29)21-23-30(5,7-2)22-15-16-27(3)4/h7,16-21,23,31H,2,6,8-15,22,24-26H2,1,3-5H3/b23-21+. The Morgan fingerprint density at radius 2 is 1.62 bits per heavy atom. The third kappa shape index (κ3) is 14.3. The van der Waals surface area contributed by atoms with E-state index in [2.05, 4.69) is 88.2 Å². The van der Waals surface area contributed by atoms with Crippen molar-refractivity contribution < 1.29 is 4.74 Å². The maximum Gasteiger partial charge on any atom is 0.119 e. The summed E-state index contributed by atoms with van der Waals surface area (Å²) in [4.78, 5) is 0. The van der Waals surface area contributed by atoms with Crippen molar-refractivity contribution in [3.8, 4) is 5.75 Å². The van der Waals surface area contributed by atoms with Gasteiger partial charge in [-0.15, -0.1) is 6.58 Å². The molecule has 2 nitrogen and oxygen atoms in total. The fourth-order valence-electron chi connectivity index (χ4n) is 3.58. The average Bonchev–Trinajstić information content (AvgIpc) is 2.79. The Bertz CT molecular complexity index is 654. The molecule has 0 amide bonds. The highest BCUT2D eigenvalue weighted by atomic mass is 16.5. The van der Waals surface area contributed by atoms with Gasteiger partial charge in [-0.25, -0.2) is 0 Å². The van der Waals surface area contributed by atoms with E-state index in [9.17, 15) is 0 Å². The minimum absolute atomic E-state index is 0.0181. The van der Waals surface area contributed by atoms with Crippen LogP contribution in [0.25, 0.3) is 6.08 Å². The minimum atomic E-state index is 0.0181. The molecule has 0 radical (unpaired) electrons. The number of allylic oxidation sites excluding steroid dienone is 4. The number of hydrogen-bond acceptors (Lipinski definition) is 2. The van der Waals surface area contributed by atoms with Crippen LogP contribution in [0.1, 0.15) is 97.5 Å². The first-order chi connectivity index (χ1) is 15.5. The SMILES string of the molecule is C=CC(C)(/C=C/c1ccc(OCCCCNCCCCCCCC)cc1)CCC=C(C)C. The van der Waals surface area contributed by atoms with Gasteiger partial charge in [-0.05, 0) is 76.7 Å². The number of ether oxygens (including phenoxy) is 1. The average molecular weight is 440 g/mol. The molecule has 0 saturated carbocycles. The topological polar surface area (TPSA) is 21.3 Å². The number of unbranched alkanes of at least 4 members (excludes halogenated alkanes) is 6. The normalized spacial score (nSPS) is 13.1. The van der Waals surface area contributed by atoms with Crippen molar-refractivity contribution in [2.24, 2.45) is 5.41 Å². The predicted octanol–water partition coefficient (Wildman–Crippen LogP) is 8.75. The first-order valence-corrected chi connectivity index (χ1v) is 12.9. The van der Waals surface area contributed by atoms with Crippen molar-refractivity contribution in [2.75, 3.05) is 19.7 Å². The van der Waals surface area contributed by atoms with E-state index in [-0.39, 0.29) is 5.41 Å². The first kappa shape index (κ1) is 28.2. The Labute approximate surface area is 199 Å². The van der Waals surface area contributed by atoms with Crippen LogP contribution in [0.5, 0.6) is 5.75 Å². The number of rotatable bonds is 19. The smallest absolute Gasteiger partial charge is 0.119 e. The Kier molecular flexibility index (Phi) is 15.6. The molecule has 0 fully saturated rings. The quantitative estimate of drug-likeness (QED) is 0.172. The molecule has 0 aromatic heterocycles. The van der Waals surface area contributed by atoms with Crippen LogP contribution < -0.4 is 10.1 Å². The third-order valence-corrected chi connectivity index (χ3v) is 5.96. The maximum absolute atomic E-state index is 5.91. The molecule has 0 aliphatic carbocycles. The van der Waals surface area contributed by atoms with Gasteiger partial charge in [0.2, 0.25) is 0 Å². The largest absolute Gasteiger partial charge is 0.494 e. The van der Waals surface area contributed by atoms with Gasteiger partial charge in [-0.1, -0.05) is 88.0 Å². The summed E-state index contributed by atoms with van der Waals surface area (Å²) in [6.45, 7) is 15.9. The molecule has 1 unspecified atom stereocenters. The van der Waals surface area contributed by atoms with Gasteiger partial charge < -0.3 is 10.1 Å². The van der Waals surface area contributed by atoms with Crippen molar-refractivity contribution >= 4 is 6.08 Å². The van der Waals surface area contributed by atoms with Gasteiger partial charge in [-0.3, -0.25) is 0 Å². The van der Waals surface area contributed by atoms with E-state index in [0.29, 0.717) is 0 Å². The summed E-state index contributed by atoms with van der Waals surface area (Å²) in [6, 6.07) is 8.41. The lowest BCUT2D eigenvalue weighted by Gasteiger charge is -2.20. The summed E-state index contributed by atoms with van der Waals surface area (Å²) in [7, 11) is 0. The van der Waals surface area contributed by atoms with Crippen molar-refractivity contribution in [3.05, 3.63) is 60.2 Å². The monoisotopic (exact) mass is 439 g/mol. The molecule has 0 heterocycles. The molecule has 32 heavy (non-hydrogen) atoms. The van der Waals surface area contributed by atoms with Gasteiger partial charge in [0.05, 0.1) is 6.61 Å². The van der Waals surface area contributed by atoms with Gasteiger partial charge in [0.25, 0.3) is 0 Å². The molecule has 2 heteroatoms. The zero-order valence-electron chi connectivity index (χ0n) is 21.4. The molecule has 1 N–H and O–H groups in total. The van der Waals surface area contributed by atoms with Crippen LogP contribution in [-0.2, 0) is 0 Å². The van der Waals surface area contributed by atoms with E-state index in [4.69, 9.17) is 4.74 Å². The van der Waals surface area contributed by atoms with E-state index in [1.807, 2.05) is 0 Å². The molecule has 180 valence electrons. The second kappa shape index (κ2) is 17.7. The van der Waals surface area contributed by atoms with Gasteiger partial charge in [0.1, 0.15) is 5.75 Å². The minimum Gasteiger partial charge on any atom is -0.494 e. The van der Waals surface area contributed by atoms with Crippen molar-refractivity contribution in [3.63, 3.8) is 0 Å². The van der Waals surface area contributed by atoms with Gasteiger partial charge in [0, 0.05) is 5.41 Å². The second-order valence-corrected chi connectivity index (χ2v) is 9.51. The highest BCUT2D eigenvalue weighted by Crippen LogP contribution is 2.28. The van der Waals surface area contributed by atoms with E-state index in [1.54, 1.807) is 0 Å². The highest BCUT2D eigenvalue weighted by molar-refractivity contribution is 5.52. The van der Waals surface area contributed by atoms with Crippen molar-refractivity contribution in [1.29, 1.82) is 0 Å². The van der Waals surface area contributed by atoms with E-state index in [0.717, 1.165) is 44.7 Å². The second-order valence-electron chi connectivity index (χ2n) is 9.51.